The molecule has 1 amide bonds. The van der Waals surface area contributed by atoms with Gasteiger partial charge in [-0.15, -0.1) is 0 Å². The zero-order valence-corrected chi connectivity index (χ0v) is 35.1. The number of carbonyl (C=O) groups is 3. The van der Waals surface area contributed by atoms with Gasteiger partial charge in [-0.3, -0.25) is 14.4 Å². The lowest BCUT2D eigenvalue weighted by Gasteiger charge is -2.38. The number of aromatic nitrogens is 1. The van der Waals surface area contributed by atoms with Crippen molar-refractivity contribution in [2.45, 2.75) is 85.6 Å². The van der Waals surface area contributed by atoms with Crippen molar-refractivity contribution in [2.75, 3.05) is 43.5 Å². The van der Waals surface area contributed by atoms with Crippen molar-refractivity contribution in [2.24, 2.45) is 23.7 Å². The van der Waals surface area contributed by atoms with E-state index < -0.39 is 77.3 Å². The molecule has 1 saturated heterocycles. The van der Waals surface area contributed by atoms with Crippen molar-refractivity contribution >= 4 is 60.8 Å². The maximum atomic E-state index is 14.6. The number of carbonyl (C=O) groups excluding carboxylic acids is 3. The first-order chi connectivity index (χ1) is 27.4. The van der Waals surface area contributed by atoms with Crippen LogP contribution in [0, 0.1) is 30.6 Å². The molecular formula is C42H54N4O11S. The molecule has 314 valence electrons. The Bertz CT molecular complexity index is 2190. The number of fused-ring (bicyclic) bond motifs is 1. The predicted molar refractivity (Wildman–Crippen MR) is 220 cm³/mol. The molecule has 0 unspecified atom stereocenters. The smallest absolute Gasteiger partial charge is 0.312 e. The highest BCUT2D eigenvalue weighted by molar-refractivity contribution is 7.23. The number of benzene rings is 2. The third-order valence-corrected chi connectivity index (χ3v) is 12.9. The zero-order chi connectivity index (χ0) is 42.4. The molecule has 4 bridgehead atoms. The van der Waals surface area contributed by atoms with E-state index >= 15 is 0 Å². The number of nitrogens with one attached hydrogen (secondary N) is 2. The second-order valence-corrected chi connectivity index (χ2v) is 16.7. The van der Waals surface area contributed by atoms with Gasteiger partial charge in [0.25, 0.3) is 11.7 Å². The average Bonchev–Trinajstić information content (AvgIpc) is 3.76. The van der Waals surface area contributed by atoms with E-state index in [1.165, 1.54) is 38.6 Å². The number of ketones is 1. The summed E-state index contributed by atoms with van der Waals surface area (Å²) in [5.74, 6) is -6.78. The number of anilines is 2. The summed E-state index contributed by atoms with van der Waals surface area (Å²) in [6.45, 7) is 15.6. The summed E-state index contributed by atoms with van der Waals surface area (Å²) in [7, 11) is 1.47. The highest BCUT2D eigenvalue weighted by Crippen LogP contribution is 2.55. The van der Waals surface area contributed by atoms with E-state index in [0.717, 1.165) is 13.1 Å². The van der Waals surface area contributed by atoms with Gasteiger partial charge in [0, 0.05) is 87.3 Å². The normalized spacial score (nSPS) is 32.1. The second kappa shape index (κ2) is 16.9. The van der Waals surface area contributed by atoms with Crippen molar-refractivity contribution in [3.8, 4) is 17.2 Å². The lowest BCUT2D eigenvalue weighted by Crippen LogP contribution is -2.46. The van der Waals surface area contributed by atoms with Gasteiger partial charge in [0.05, 0.1) is 45.7 Å². The number of aromatic hydroxyl groups is 2. The lowest BCUT2D eigenvalue weighted by molar-refractivity contribution is -0.160. The number of thiazole rings is 1. The summed E-state index contributed by atoms with van der Waals surface area (Å²) in [4.78, 5) is 47.8. The van der Waals surface area contributed by atoms with Crippen LogP contribution in [-0.4, -0.2) is 107 Å². The highest BCUT2D eigenvalue weighted by atomic mass is 32.1. The Hall–Kier alpha value is -4.74. The first-order valence-electron chi connectivity index (χ1n) is 19.5. The molecule has 9 atom stereocenters. The molecule has 0 saturated carbocycles. The van der Waals surface area contributed by atoms with Crippen LogP contribution in [0.2, 0.25) is 0 Å². The van der Waals surface area contributed by atoms with Crippen molar-refractivity contribution in [3.63, 3.8) is 0 Å². The SMILES string of the molecule is CO[C@H]1/C=C/O[C@@]2(C)Oc3c(C)c(O)c4c(O)c(c5sc(N6CCNCC6)nc5c4c3C2=O)NC(=O)/C(C)=C\C=C\[C@H](C)[C@H](O)[C@@H](C)[C@@H](O)[C@@H](C)[C@H](OC(C)=O)[C@@H]1C. The standard InChI is InChI=1S/C42H54N4O11S/c1-19-11-10-12-20(2)40(53)44-31-35(51)28-27(30-38(31)58-41(45-30)46-16-14-43-15-17-46)29-37(24(6)34(28)50)57-42(8,39(29)52)55-18-13-26(54-9)21(3)36(56-25(7)47)23(5)33(49)22(4)32(19)48/h10-13,18-19,21-23,26,32-33,36,43,48-51H,14-17H2,1-9H3,(H,44,53)/b11-10+,18-13+,20-12-/t19-,21+,22+,23+,26-,32-,33+,36+,42-/m0/s1. The van der Waals surface area contributed by atoms with Gasteiger partial charge in [-0.05, 0) is 19.9 Å². The topological polar surface area (TPSA) is 209 Å². The minimum absolute atomic E-state index is 0.0213. The number of rotatable bonds is 3. The molecule has 2 aromatic carbocycles. The van der Waals surface area contributed by atoms with Crippen molar-refractivity contribution in [1.82, 2.24) is 10.3 Å². The number of nitrogens with zero attached hydrogens (tertiary/aromatic N) is 2. The number of ether oxygens (including phenoxy) is 4. The number of esters is 1. The molecule has 15 nitrogen and oxygen atoms in total. The first-order valence-corrected chi connectivity index (χ1v) is 20.3. The van der Waals surface area contributed by atoms with Crippen LogP contribution < -0.4 is 20.3 Å². The molecule has 3 aliphatic heterocycles. The number of piperazine rings is 1. The molecule has 4 heterocycles. The van der Waals surface area contributed by atoms with Crippen molar-refractivity contribution in [3.05, 3.63) is 47.3 Å². The molecule has 3 aliphatic rings. The van der Waals surface area contributed by atoms with E-state index in [9.17, 15) is 34.8 Å². The molecule has 1 fully saturated rings. The number of aliphatic hydroxyl groups is 2. The third-order valence-electron chi connectivity index (χ3n) is 11.7. The van der Waals surface area contributed by atoms with Gasteiger partial charge in [-0.2, -0.15) is 0 Å². The fourth-order valence-electron chi connectivity index (χ4n) is 8.10. The zero-order valence-electron chi connectivity index (χ0n) is 34.3. The Balaban J connectivity index is 1.54. The van der Waals surface area contributed by atoms with E-state index in [0.29, 0.717) is 22.9 Å². The van der Waals surface area contributed by atoms with Crippen LogP contribution in [0.5, 0.6) is 17.2 Å². The maximum absolute atomic E-state index is 14.6. The van der Waals surface area contributed by atoms with Crippen LogP contribution in [0.3, 0.4) is 0 Å². The average molecular weight is 823 g/mol. The quantitative estimate of drug-likeness (QED) is 0.151. The molecule has 58 heavy (non-hydrogen) atoms. The minimum Gasteiger partial charge on any atom is -0.507 e. The molecular weight excluding hydrogens is 769 g/mol. The van der Waals surface area contributed by atoms with Gasteiger partial charge in [-0.1, -0.05) is 57.3 Å². The fraction of sp³-hybridized carbons (Fsp3) is 0.524. The first kappa shape index (κ1) is 42.9. The Morgan fingerprint density at radius 2 is 1.69 bits per heavy atom. The Morgan fingerprint density at radius 3 is 2.34 bits per heavy atom. The molecule has 6 N–H and O–H groups in total. The van der Waals surface area contributed by atoms with E-state index in [-0.39, 0.29) is 50.2 Å². The van der Waals surface area contributed by atoms with Gasteiger partial charge < -0.3 is 54.9 Å². The third kappa shape index (κ3) is 7.75. The fourth-order valence-corrected chi connectivity index (χ4v) is 9.23. The number of amides is 1. The summed E-state index contributed by atoms with van der Waals surface area (Å²) in [6, 6.07) is 0. The maximum Gasteiger partial charge on any atom is 0.312 e. The van der Waals surface area contributed by atoms with Crippen LogP contribution in [0.25, 0.3) is 21.0 Å². The largest absolute Gasteiger partial charge is 0.507 e. The highest BCUT2D eigenvalue weighted by Gasteiger charge is 2.50. The summed E-state index contributed by atoms with van der Waals surface area (Å²) >= 11 is 1.24. The molecule has 3 aromatic rings. The van der Waals surface area contributed by atoms with E-state index in [1.54, 1.807) is 65.8 Å². The molecule has 6 rings (SSSR count). The molecule has 0 spiro atoms. The number of hydrogen-bond acceptors (Lipinski definition) is 15. The van der Waals surface area contributed by atoms with Crippen molar-refractivity contribution in [1.29, 1.82) is 0 Å². The van der Waals surface area contributed by atoms with Crippen LogP contribution in [0.4, 0.5) is 10.8 Å². The van der Waals surface area contributed by atoms with Crippen LogP contribution in [-0.2, 0) is 23.8 Å². The lowest BCUT2D eigenvalue weighted by atomic mass is 9.78. The van der Waals surface area contributed by atoms with E-state index in [1.807, 2.05) is 0 Å². The Labute approximate surface area is 341 Å². The van der Waals surface area contributed by atoms with Gasteiger partial charge >= 0.3 is 11.8 Å². The Morgan fingerprint density at radius 1 is 1.00 bits per heavy atom. The second-order valence-electron chi connectivity index (χ2n) is 15.8. The van der Waals surface area contributed by atoms with Crippen LogP contribution >= 0.6 is 11.3 Å². The predicted octanol–water partition coefficient (Wildman–Crippen LogP) is 5.07. The summed E-state index contributed by atoms with van der Waals surface area (Å²) < 4.78 is 24.3. The number of hydrogen-bond donors (Lipinski definition) is 6. The van der Waals surface area contributed by atoms with E-state index in [2.05, 4.69) is 15.5 Å². The number of phenols is 2. The summed E-state index contributed by atoms with van der Waals surface area (Å²) in [6.07, 6.45) is 3.97. The minimum atomic E-state index is -1.94. The molecule has 1 aromatic heterocycles. The molecule has 0 radical (unpaired) electrons. The monoisotopic (exact) mass is 822 g/mol. The van der Waals surface area contributed by atoms with Crippen molar-refractivity contribution < 1.29 is 53.8 Å². The number of Topliss-reactive ketones (excluding diaryl/α,β-unsaturated/α-hetero) is 1. The summed E-state index contributed by atoms with van der Waals surface area (Å²) in [5.41, 5.74) is 0.770. The number of aliphatic hydroxyl groups excluding tert-OH is 2. The van der Waals surface area contributed by atoms with Crippen LogP contribution in [0.15, 0.2) is 36.1 Å². The Kier molecular flexibility index (Phi) is 12.5. The number of phenolic OH excluding ortho intramolecular Hbond substituents is 2. The molecule has 0 aliphatic carbocycles. The van der Waals surface area contributed by atoms with Gasteiger partial charge in [0.2, 0.25) is 0 Å². The summed E-state index contributed by atoms with van der Waals surface area (Å²) in [5, 5.41) is 53.4. The van der Waals surface area contributed by atoms with E-state index in [4.69, 9.17) is 23.9 Å². The molecule has 16 heteroatoms. The number of allylic oxidation sites excluding steroid dienone is 2. The van der Waals surface area contributed by atoms with Gasteiger partial charge in [0.15, 0.2) is 10.9 Å². The number of methoxy groups -OCH3 is 1. The van der Waals surface area contributed by atoms with Gasteiger partial charge in [-0.25, -0.2) is 4.98 Å². The van der Waals surface area contributed by atoms with Gasteiger partial charge in [0.1, 0.15) is 23.3 Å². The van der Waals surface area contributed by atoms with Crippen LogP contribution in [0.1, 0.15) is 64.4 Å².